The Kier molecular flexibility index (Phi) is 6.56. The third-order valence-electron chi connectivity index (χ3n) is 4.63. The molecule has 0 aromatic carbocycles. The molecule has 1 saturated heterocycles. The van der Waals surface area contributed by atoms with Crippen molar-refractivity contribution < 1.29 is 14.7 Å². The molecule has 1 aromatic rings. The number of nitrogens with one attached hydrogen (secondary N) is 1. The van der Waals surface area contributed by atoms with Crippen LogP contribution in [-0.2, 0) is 16.1 Å². The van der Waals surface area contributed by atoms with Gasteiger partial charge in [0.1, 0.15) is 12.7 Å². The molecular formula is C15H24ClN5O3. The topological polar surface area (TPSA) is 100 Å². The zero-order valence-electron chi connectivity index (χ0n) is 13.5. The predicted octanol–water partition coefficient (Wildman–Crippen LogP) is 0.391. The second-order valence-electron chi connectivity index (χ2n) is 6.53. The van der Waals surface area contributed by atoms with Gasteiger partial charge in [-0.1, -0.05) is 0 Å². The first kappa shape index (κ1) is 18.7. The number of aromatic nitrogens is 3. The molecule has 1 amide bonds. The molecule has 134 valence electrons. The van der Waals surface area contributed by atoms with Gasteiger partial charge >= 0.3 is 5.97 Å². The first-order valence-corrected chi connectivity index (χ1v) is 8.18. The highest BCUT2D eigenvalue weighted by Crippen LogP contribution is 2.41. The van der Waals surface area contributed by atoms with E-state index >= 15 is 0 Å². The molecule has 1 saturated carbocycles. The summed E-state index contributed by atoms with van der Waals surface area (Å²) in [5.41, 5.74) is 0. The number of hydrogen-bond acceptors (Lipinski definition) is 5. The molecule has 1 aromatic heterocycles. The number of rotatable bonds is 8. The van der Waals surface area contributed by atoms with Crippen LogP contribution in [0.3, 0.4) is 0 Å². The molecular weight excluding hydrogens is 334 g/mol. The average Bonchev–Trinajstić information content (AvgIpc) is 3.06. The maximum atomic E-state index is 12.2. The van der Waals surface area contributed by atoms with Gasteiger partial charge in [-0.3, -0.25) is 19.2 Å². The monoisotopic (exact) mass is 357 g/mol. The summed E-state index contributed by atoms with van der Waals surface area (Å²) < 4.78 is 1.71. The van der Waals surface area contributed by atoms with Crippen LogP contribution in [0.1, 0.15) is 25.7 Å². The van der Waals surface area contributed by atoms with E-state index in [9.17, 15) is 9.59 Å². The van der Waals surface area contributed by atoms with E-state index in [-0.39, 0.29) is 30.9 Å². The van der Waals surface area contributed by atoms with Gasteiger partial charge in [0.15, 0.2) is 0 Å². The fourth-order valence-electron chi connectivity index (χ4n) is 3.42. The van der Waals surface area contributed by atoms with Crippen molar-refractivity contribution in [1.29, 1.82) is 0 Å². The summed E-state index contributed by atoms with van der Waals surface area (Å²) in [5.74, 6) is 0.278. The highest BCUT2D eigenvalue weighted by atomic mass is 35.5. The van der Waals surface area contributed by atoms with Gasteiger partial charge in [-0.2, -0.15) is 5.10 Å². The summed E-state index contributed by atoms with van der Waals surface area (Å²) in [4.78, 5) is 28.8. The molecule has 2 atom stereocenters. The Morgan fingerprint density at radius 2 is 2.08 bits per heavy atom. The van der Waals surface area contributed by atoms with Crippen LogP contribution in [0.5, 0.6) is 0 Å². The average molecular weight is 358 g/mol. The molecule has 2 heterocycles. The number of likely N-dealkylation sites (tertiary alicyclic amines) is 1. The van der Waals surface area contributed by atoms with E-state index in [0.29, 0.717) is 31.3 Å². The highest BCUT2D eigenvalue weighted by molar-refractivity contribution is 5.85. The van der Waals surface area contributed by atoms with Crippen LogP contribution in [0, 0.1) is 11.8 Å². The lowest BCUT2D eigenvalue weighted by molar-refractivity contribution is -0.138. The third kappa shape index (κ3) is 5.17. The number of carboxylic acids is 1. The van der Waals surface area contributed by atoms with Crippen molar-refractivity contribution in [1.82, 2.24) is 25.0 Å². The van der Waals surface area contributed by atoms with Crippen molar-refractivity contribution in [3.63, 3.8) is 0 Å². The Morgan fingerprint density at radius 1 is 1.29 bits per heavy atom. The second kappa shape index (κ2) is 8.43. The van der Waals surface area contributed by atoms with E-state index in [2.05, 4.69) is 15.4 Å². The number of aryl methyl sites for hydroxylation is 1. The van der Waals surface area contributed by atoms with Crippen molar-refractivity contribution >= 4 is 24.3 Å². The number of carboxylic acid groups (broad SMARTS) is 1. The minimum absolute atomic E-state index is 0. The van der Waals surface area contributed by atoms with Gasteiger partial charge in [0.2, 0.25) is 5.91 Å². The maximum absolute atomic E-state index is 12.2. The van der Waals surface area contributed by atoms with Crippen LogP contribution in [0.25, 0.3) is 0 Å². The molecule has 24 heavy (non-hydrogen) atoms. The number of nitrogens with zero attached hydrogens (tertiary/aromatic N) is 4. The van der Waals surface area contributed by atoms with Gasteiger partial charge in [-0.15, -0.1) is 12.4 Å². The number of carbonyl (C=O) groups is 2. The number of halogens is 1. The number of amides is 1. The van der Waals surface area contributed by atoms with Gasteiger partial charge in [-0.05, 0) is 31.1 Å². The molecule has 0 radical (unpaired) electrons. The van der Waals surface area contributed by atoms with Crippen LogP contribution in [0.2, 0.25) is 0 Å². The lowest BCUT2D eigenvalue weighted by Gasteiger charge is -2.19. The molecule has 3 rings (SSSR count). The molecule has 1 aliphatic heterocycles. The zero-order valence-corrected chi connectivity index (χ0v) is 14.3. The summed E-state index contributed by atoms with van der Waals surface area (Å²) in [5, 5.41) is 16.1. The van der Waals surface area contributed by atoms with Crippen LogP contribution >= 0.6 is 12.4 Å². The fourth-order valence-corrected chi connectivity index (χ4v) is 3.42. The Hall–Kier alpha value is -1.67. The van der Waals surface area contributed by atoms with E-state index in [1.165, 1.54) is 19.2 Å². The molecule has 0 bridgehead atoms. The van der Waals surface area contributed by atoms with Crippen LogP contribution in [0.15, 0.2) is 12.7 Å². The summed E-state index contributed by atoms with van der Waals surface area (Å²) in [6.45, 7) is 2.15. The summed E-state index contributed by atoms with van der Waals surface area (Å²) >= 11 is 0. The number of carbonyl (C=O) groups excluding carboxylic acids is 1. The SMILES string of the molecule is Cl.O=C(O)CN1C[C@H](NC(=O)CCCn2cncn2)[C@@H](C2CC2)C1. The van der Waals surface area contributed by atoms with Crippen LogP contribution in [-0.4, -0.2) is 62.3 Å². The quantitative estimate of drug-likeness (QED) is 0.698. The molecule has 2 aliphatic rings. The molecule has 8 nitrogen and oxygen atoms in total. The van der Waals surface area contributed by atoms with Crippen molar-refractivity contribution in [2.24, 2.45) is 11.8 Å². The maximum Gasteiger partial charge on any atom is 0.317 e. The smallest absolute Gasteiger partial charge is 0.317 e. The molecule has 1 aliphatic carbocycles. The third-order valence-corrected chi connectivity index (χ3v) is 4.63. The lowest BCUT2D eigenvalue weighted by atomic mass is 9.98. The molecule has 2 fully saturated rings. The van der Waals surface area contributed by atoms with E-state index in [1.54, 1.807) is 11.0 Å². The first-order chi connectivity index (χ1) is 11.1. The zero-order chi connectivity index (χ0) is 16.2. The summed E-state index contributed by atoms with van der Waals surface area (Å²) in [6, 6.07) is 0.0840. The minimum atomic E-state index is -0.806. The Balaban J connectivity index is 0.00000208. The Labute approximate surface area is 147 Å². The van der Waals surface area contributed by atoms with E-state index < -0.39 is 5.97 Å². The number of hydrogen-bond donors (Lipinski definition) is 2. The Morgan fingerprint density at radius 3 is 2.71 bits per heavy atom. The van der Waals surface area contributed by atoms with Gasteiger partial charge in [0, 0.05) is 32.1 Å². The molecule has 2 N–H and O–H groups in total. The van der Waals surface area contributed by atoms with Crippen molar-refractivity contribution in [2.75, 3.05) is 19.6 Å². The van der Waals surface area contributed by atoms with E-state index in [1.807, 2.05) is 4.90 Å². The predicted molar refractivity (Wildman–Crippen MR) is 88.7 cm³/mol. The van der Waals surface area contributed by atoms with Crippen LogP contribution < -0.4 is 5.32 Å². The lowest BCUT2D eigenvalue weighted by Crippen LogP contribution is -2.41. The van der Waals surface area contributed by atoms with E-state index in [4.69, 9.17) is 5.11 Å². The minimum Gasteiger partial charge on any atom is -0.480 e. The van der Waals surface area contributed by atoms with Crippen molar-refractivity contribution in [2.45, 2.75) is 38.3 Å². The van der Waals surface area contributed by atoms with Gasteiger partial charge in [0.05, 0.1) is 6.54 Å². The van der Waals surface area contributed by atoms with E-state index in [0.717, 1.165) is 13.0 Å². The highest BCUT2D eigenvalue weighted by Gasteiger charge is 2.43. The standard InChI is InChI=1S/C15H23N5O3.ClH/c21-14(2-1-5-20-10-16-9-17-20)18-13-7-19(8-15(22)23)6-12(13)11-3-4-11;/h9-13H,1-8H2,(H,18,21)(H,22,23);1H/t12-,13+;/m1./s1. The fraction of sp³-hybridized carbons (Fsp3) is 0.733. The van der Waals surface area contributed by atoms with Crippen LogP contribution in [0.4, 0.5) is 0 Å². The van der Waals surface area contributed by atoms with Crippen molar-refractivity contribution in [3.05, 3.63) is 12.7 Å². The Bertz CT molecular complexity index is 549. The summed E-state index contributed by atoms with van der Waals surface area (Å²) in [6.07, 6.45) is 6.69. The largest absolute Gasteiger partial charge is 0.480 e. The van der Waals surface area contributed by atoms with Gasteiger partial charge in [0.25, 0.3) is 0 Å². The normalized spacial score (nSPS) is 23.7. The summed E-state index contributed by atoms with van der Waals surface area (Å²) in [7, 11) is 0. The molecule has 9 heteroatoms. The van der Waals surface area contributed by atoms with Gasteiger partial charge < -0.3 is 10.4 Å². The second-order valence-corrected chi connectivity index (χ2v) is 6.53. The van der Waals surface area contributed by atoms with Gasteiger partial charge in [-0.25, -0.2) is 4.98 Å². The molecule has 0 spiro atoms. The first-order valence-electron chi connectivity index (χ1n) is 8.18. The van der Waals surface area contributed by atoms with Crippen molar-refractivity contribution in [3.8, 4) is 0 Å². The molecule has 0 unspecified atom stereocenters. The number of aliphatic carboxylic acids is 1.